The first-order valence-corrected chi connectivity index (χ1v) is 11.8. The first-order valence-electron chi connectivity index (χ1n) is 7.76. The van der Waals surface area contributed by atoms with Crippen LogP contribution >= 0.6 is 28.5 Å². The molecule has 0 N–H and O–H groups in total. The van der Waals surface area contributed by atoms with E-state index >= 15 is 0 Å². The molecule has 7 heteroatoms. The molecule has 0 amide bonds. The molecular formula is C16H26IO5P. The van der Waals surface area contributed by atoms with Crippen molar-refractivity contribution in [3.05, 3.63) is 35.9 Å². The largest absolute Gasteiger partial charge is 0.379 e. The highest BCUT2D eigenvalue weighted by Gasteiger charge is 1.94. The van der Waals surface area contributed by atoms with Crippen molar-refractivity contribution in [1.29, 1.82) is 0 Å². The van der Waals surface area contributed by atoms with Gasteiger partial charge in [-0.15, -0.1) is 0 Å². The van der Waals surface area contributed by atoms with Gasteiger partial charge in [0.15, 0.2) is 0 Å². The molecule has 1 rings (SSSR count). The highest BCUT2D eigenvalue weighted by molar-refractivity contribution is 14.2. The molecule has 1 aromatic rings. The van der Waals surface area contributed by atoms with Gasteiger partial charge in [-0.05, 0) is 34.0 Å². The standard InChI is InChI=1S/C16H26IO5P/c17-23-22-8-4-7-18-9-10-19-11-12-20-13-14-21-15-16-5-2-1-3-6-16/h1-3,5-6,23H,4,7-15H2. The number of hydrogen-bond acceptors (Lipinski definition) is 5. The average molecular weight is 456 g/mol. The molecule has 0 saturated heterocycles. The van der Waals surface area contributed by atoms with E-state index < -0.39 is 0 Å². The van der Waals surface area contributed by atoms with Crippen molar-refractivity contribution in [1.82, 2.24) is 0 Å². The molecule has 0 heterocycles. The van der Waals surface area contributed by atoms with E-state index in [9.17, 15) is 0 Å². The van der Waals surface area contributed by atoms with Crippen LogP contribution in [0.1, 0.15) is 12.0 Å². The second kappa shape index (κ2) is 17.0. The van der Waals surface area contributed by atoms with Gasteiger partial charge in [-0.3, -0.25) is 0 Å². The Morgan fingerprint density at radius 3 is 1.87 bits per heavy atom. The number of hydrogen-bond donors (Lipinski definition) is 0. The Bertz CT molecular complexity index is 356. The van der Waals surface area contributed by atoms with Gasteiger partial charge in [0.25, 0.3) is 0 Å². The monoisotopic (exact) mass is 456 g/mol. The highest BCUT2D eigenvalue weighted by atomic mass is 127. The first kappa shape index (κ1) is 21.2. The molecule has 0 aliphatic heterocycles. The molecule has 132 valence electrons. The Hall–Kier alpha value is 0.180. The van der Waals surface area contributed by atoms with Gasteiger partial charge in [-0.25, -0.2) is 0 Å². The van der Waals surface area contributed by atoms with Crippen LogP contribution in [-0.2, 0) is 30.1 Å². The molecule has 1 atom stereocenters. The summed E-state index contributed by atoms with van der Waals surface area (Å²) in [5, 5.41) is 0. The fourth-order valence-electron chi connectivity index (χ4n) is 1.70. The van der Waals surface area contributed by atoms with Crippen molar-refractivity contribution in [3.8, 4) is 0 Å². The summed E-state index contributed by atoms with van der Waals surface area (Å²) in [7, 11) is 0. The van der Waals surface area contributed by atoms with Gasteiger partial charge in [-0.1, -0.05) is 30.3 Å². The Balaban J connectivity index is 1.72. The maximum Gasteiger partial charge on any atom is 0.0793 e. The van der Waals surface area contributed by atoms with Crippen molar-refractivity contribution in [2.75, 3.05) is 52.9 Å². The van der Waals surface area contributed by atoms with Crippen LogP contribution in [-0.4, -0.2) is 52.9 Å². The van der Waals surface area contributed by atoms with E-state index in [1.54, 1.807) is 0 Å². The third-order valence-electron chi connectivity index (χ3n) is 2.82. The summed E-state index contributed by atoms with van der Waals surface area (Å²) in [6.07, 6.45) is 0.933. The van der Waals surface area contributed by atoms with Crippen LogP contribution in [0.15, 0.2) is 30.3 Å². The fourth-order valence-corrected chi connectivity index (χ4v) is 2.58. The second-order valence-electron chi connectivity index (χ2n) is 4.65. The Morgan fingerprint density at radius 2 is 1.26 bits per heavy atom. The first-order chi connectivity index (χ1) is 11.4. The maximum atomic E-state index is 5.52. The van der Waals surface area contributed by atoms with E-state index in [0.717, 1.165) is 19.6 Å². The maximum absolute atomic E-state index is 5.52. The van der Waals surface area contributed by atoms with Crippen molar-refractivity contribution < 1.29 is 23.5 Å². The van der Waals surface area contributed by atoms with Crippen LogP contribution in [0.4, 0.5) is 0 Å². The molecule has 0 saturated carbocycles. The third kappa shape index (κ3) is 14.2. The van der Waals surface area contributed by atoms with E-state index in [1.165, 1.54) is 5.56 Å². The van der Waals surface area contributed by atoms with Crippen molar-refractivity contribution in [2.24, 2.45) is 0 Å². The zero-order valence-electron chi connectivity index (χ0n) is 13.4. The van der Waals surface area contributed by atoms with Gasteiger partial charge in [0.2, 0.25) is 0 Å². The summed E-state index contributed by atoms with van der Waals surface area (Å²) in [6, 6.07) is 10.1. The molecular weight excluding hydrogens is 430 g/mol. The Morgan fingerprint density at radius 1 is 0.696 bits per heavy atom. The average Bonchev–Trinajstić information content (AvgIpc) is 2.59. The third-order valence-corrected chi connectivity index (χ3v) is 4.06. The van der Waals surface area contributed by atoms with Crippen molar-refractivity contribution >= 4 is 28.5 Å². The van der Waals surface area contributed by atoms with E-state index in [4.69, 9.17) is 23.5 Å². The Labute approximate surface area is 153 Å². The minimum absolute atomic E-state index is 0.529. The minimum atomic E-state index is 0.529. The number of rotatable bonds is 16. The number of ether oxygens (including phenoxy) is 4. The lowest BCUT2D eigenvalue weighted by Gasteiger charge is -2.07. The minimum Gasteiger partial charge on any atom is -0.379 e. The zero-order chi connectivity index (χ0) is 16.4. The van der Waals surface area contributed by atoms with Crippen LogP contribution in [0.3, 0.4) is 0 Å². The molecule has 1 unspecified atom stereocenters. The van der Waals surface area contributed by atoms with Crippen LogP contribution in [0.25, 0.3) is 0 Å². The van der Waals surface area contributed by atoms with Crippen molar-refractivity contribution in [2.45, 2.75) is 13.0 Å². The summed E-state index contributed by atoms with van der Waals surface area (Å²) in [5.74, 6) is 0. The molecule has 0 aliphatic rings. The zero-order valence-corrected chi connectivity index (χ0v) is 16.5. The summed E-state index contributed by atoms with van der Waals surface area (Å²) >= 11 is 2.21. The molecule has 0 aliphatic carbocycles. The van der Waals surface area contributed by atoms with E-state index in [1.807, 2.05) is 30.3 Å². The number of benzene rings is 1. The molecule has 1 aromatic carbocycles. The Kier molecular flexibility index (Phi) is 15.7. The van der Waals surface area contributed by atoms with Gasteiger partial charge in [-0.2, -0.15) is 0 Å². The van der Waals surface area contributed by atoms with Crippen LogP contribution in [0.5, 0.6) is 0 Å². The fraction of sp³-hybridized carbons (Fsp3) is 0.625. The molecule has 0 bridgehead atoms. The molecule has 5 nitrogen and oxygen atoms in total. The lowest BCUT2D eigenvalue weighted by Crippen LogP contribution is -2.12. The number of halogens is 1. The van der Waals surface area contributed by atoms with E-state index in [2.05, 4.69) is 22.0 Å². The van der Waals surface area contributed by atoms with Gasteiger partial charge in [0.05, 0.1) is 59.3 Å². The lowest BCUT2D eigenvalue weighted by atomic mass is 10.2. The molecule has 0 fully saturated rings. The van der Waals surface area contributed by atoms with Gasteiger partial charge >= 0.3 is 0 Å². The van der Waals surface area contributed by atoms with Gasteiger partial charge < -0.3 is 23.5 Å². The summed E-state index contributed by atoms with van der Waals surface area (Å²) < 4.78 is 27.0. The molecule has 0 aromatic heterocycles. The highest BCUT2D eigenvalue weighted by Crippen LogP contribution is 2.21. The summed E-state index contributed by atoms with van der Waals surface area (Å²) in [4.78, 5) is 0. The quantitative estimate of drug-likeness (QED) is 0.216. The topological polar surface area (TPSA) is 46.2 Å². The second-order valence-corrected chi connectivity index (χ2v) is 6.42. The lowest BCUT2D eigenvalue weighted by molar-refractivity contribution is -0.00481. The predicted molar refractivity (Wildman–Crippen MR) is 101 cm³/mol. The van der Waals surface area contributed by atoms with Crippen LogP contribution < -0.4 is 0 Å². The SMILES string of the molecule is IPOCCCOCCOCCOCCOCc1ccccc1. The van der Waals surface area contributed by atoms with E-state index in [-0.39, 0.29) is 0 Å². The predicted octanol–water partition coefficient (Wildman–Crippen LogP) is 3.60. The molecule has 0 spiro atoms. The van der Waals surface area contributed by atoms with Gasteiger partial charge in [0, 0.05) is 6.61 Å². The molecule has 23 heavy (non-hydrogen) atoms. The summed E-state index contributed by atoms with van der Waals surface area (Å²) in [5.41, 5.74) is 1.18. The van der Waals surface area contributed by atoms with E-state index in [0.29, 0.717) is 52.7 Å². The van der Waals surface area contributed by atoms with Gasteiger partial charge in [0.1, 0.15) is 0 Å². The smallest absolute Gasteiger partial charge is 0.0793 e. The normalized spacial score (nSPS) is 11.5. The summed E-state index contributed by atoms with van der Waals surface area (Å²) in [6.45, 7) is 6.21. The van der Waals surface area contributed by atoms with Crippen molar-refractivity contribution in [3.63, 3.8) is 0 Å². The molecule has 0 radical (unpaired) electrons. The van der Waals surface area contributed by atoms with Crippen LogP contribution in [0.2, 0.25) is 0 Å². The van der Waals surface area contributed by atoms with Crippen LogP contribution in [0, 0.1) is 0 Å².